The highest BCUT2D eigenvalue weighted by Gasteiger charge is 2.22. The van der Waals surface area contributed by atoms with Crippen molar-refractivity contribution in [2.45, 2.75) is 91.8 Å². The second-order valence-corrected chi connectivity index (χ2v) is 15.4. The Hall–Kier alpha value is -6.92. The SMILES string of the molecule is CCOc1cc(F)c(Cn2nc(-c3ncc(OCCCOC(=O)[C@H](C)NC(=O)CCCCCNC(=O)OC(C)(C)C)c(Nc4ccnc(NC(C)=O)c4)n3)c3ccccc32)c(F)c1. The van der Waals surface area contributed by atoms with Gasteiger partial charge in [0.1, 0.15) is 40.5 Å². The Morgan fingerprint density at radius 3 is 2.41 bits per heavy atom. The molecule has 3 amide bonds. The standard InChI is InChI=1S/C44H53F2N9O8/c1-7-60-30-23-33(45)32(34(46)24-30)26-55-35-15-11-10-14-31(35)39(54-55)41-49-25-36(40(53-41)52-29-17-19-47-37(22-29)51-28(3)56)61-20-13-21-62-42(58)27(2)50-38(57)16-9-8-12-18-48-43(59)63-44(4,5)6/h10-11,14-15,17,19,22-25,27H,7-9,12-13,16,18,20-21,26H2,1-6H3,(H,48,59)(H,50,57)(H2,47,49,51,52,53,56)/t27-/m0/s1. The minimum absolute atomic E-state index is 0.00517. The van der Waals surface area contributed by atoms with Crippen LogP contribution in [0.5, 0.6) is 11.5 Å². The van der Waals surface area contributed by atoms with Crippen LogP contribution < -0.4 is 30.7 Å². The Bertz CT molecular complexity index is 2360. The Balaban J connectivity index is 1.22. The zero-order chi connectivity index (χ0) is 45.5. The zero-order valence-electron chi connectivity index (χ0n) is 36.2. The number of amides is 3. The highest BCUT2D eigenvalue weighted by Crippen LogP contribution is 2.32. The van der Waals surface area contributed by atoms with Crippen molar-refractivity contribution < 1.29 is 46.9 Å². The molecule has 0 unspecified atom stereocenters. The van der Waals surface area contributed by atoms with E-state index in [4.69, 9.17) is 29.0 Å². The highest BCUT2D eigenvalue weighted by molar-refractivity contribution is 5.92. The van der Waals surface area contributed by atoms with Crippen molar-refractivity contribution in [2.75, 3.05) is 37.0 Å². The second-order valence-electron chi connectivity index (χ2n) is 15.4. The summed E-state index contributed by atoms with van der Waals surface area (Å²) in [5, 5.41) is 16.5. The molecule has 5 rings (SSSR count). The van der Waals surface area contributed by atoms with Crippen LogP contribution >= 0.6 is 0 Å². The topological polar surface area (TPSA) is 210 Å². The third kappa shape index (κ3) is 14.3. The summed E-state index contributed by atoms with van der Waals surface area (Å²) < 4.78 is 53.7. The number of para-hydroxylation sites is 1. The first-order chi connectivity index (χ1) is 30.1. The molecule has 3 aromatic heterocycles. The van der Waals surface area contributed by atoms with Crippen molar-refractivity contribution in [3.8, 4) is 23.0 Å². The maximum absolute atomic E-state index is 15.1. The molecular formula is C44H53F2N9O8. The molecule has 0 spiro atoms. The van der Waals surface area contributed by atoms with E-state index in [1.165, 1.54) is 30.9 Å². The number of unbranched alkanes of at least 4 members (excludes halogenated alkanes) is 2. The van der Waals surface area contributed by atoms with E-state index in [0.29, 0.717) is 53.9 Å². The van der Waals surface area contributed by atoms with Crippen molar-refractivity contribution in [1.29, 1.82) is 0 Å². The number of rotatable bonds is 21. The molecule has 17 nitrogen and oxygen atoms in total. The predicted molar refractivity (Wildman–Crippen MR) is 231 cm³/mol. The number of carbonyl (C=O) groups is 4. The molecule has 0 radical (unpaired) electrons. The van der Waals surface area contributed by atoms with Crippen molar-refractivity contribution in [3.63, 3.8) is 0 Å². The van der Waals surface area contributed by atoms with E-state index in [1.807, 2.05) is 0 Å². The minimum atomic E-state index is -0.870. The van der Waals surface area contributed by atoms with E-state index < -0.39 is 35.3 Å². The van der Waals surface area contributed by atoms with Crippen molar-refractivity contribution in [1.82, 2.24) is 35.4 Å². The highest BCUT2D eigenvalue weighted by atomic mass is 19.1. The molecule has 2 aromatic carbocycles. The third-order valence-electron chi connectivity index (χ3n) is 8.96. The van der Waals surface area contributed by atoms with Gasteiger partial charge in [0.15, 0.2) is 17.4 Å². The van der Waals surface area contributed by atoms with Crippen LogP contribution in [0.25, 0.3) is 22.4 Å². The number of nitrogens with zero attached hydrogens (tertiary/aromatic N) is 5. The lowest BCUT2D eigenvalue weighted by atomic mass is 10.1. The van der Waals surface area contributed by atoms with Crippen LogP contribution in [-0.4, -0.2) is 86.6 Å². The van der Waals surface area contributed by atoms with Gasteiger partial charge in [-0.3, -0.25) is 14.3 Å². The second kappa shape index (κ2) is 22.3. The van der Waals surface area contributed by atoms with Crippen molar-refractivity contribution in [3.05, 3.63) is 78.1 Å². The largest absolute Gasteiger partial charge is 0.494 e. The number of pyridine rings is 1. The molecule has 336 valence electrons. The van der Waals surface area contributed by atoms with E-state index in [2.05, 4.69) is 31.2 Å². The molecule has 3 heterocycles. The number of alkyl carbamates (subject to hydrolysis) is 1. The van der Waals surface area contributed by atoms with Crippen LogP contribution in [0.15, 0.2) is 60.9 Å². The smallest absolute Gasteiger partial charge is 0.407 e. The monoisotopic (exact) mass is 873 g/mol. The van der Waals surface area contributed by atoms with Gasteiger partial charge in [-0.25, -0.2) is 33.3 Å². The van der Waals surface area contributed by atoms with E-state index in [-0.39, 0.29) is 79.7 Å². The molecule has 0 aliphatic rings. The first-order valence-electron chi connectivity index (χ1n) is 20.6. The molecule has 1 atom stereocenters. The third-order valence-corrected chi connectivity index (χ3v) is 8.96. The summed E-state index contributed by atoms with van der Waals surface area (Å²) in [4.78, 5) is 62.0. The van der Waals surface area contributed by atoms with E-state index in [1.54, 1.807) is 64.1 Å². The molecule has 5 aromatic rings. The summed E-state index contributed by atoms with van der Waals surface area (Å²) in [6.45, 7) is 10.5. The van der Waals surface area contributed by atoms with Crippen molar-refractivity contribution in [2.24, 2.45) is 0 Å². The number of fused-ring (bicyclic) bond motifs is 1. The van der Waals surface area contributed by atoms with Gasteiger partial charge in [-0.2, -0.15) is 5.10 Å². The average molecular weight is 874 g/mol. The lowest BCUT2D eigenvalue weighted by Crippen LogP contribution is -2.39. The summed E-state index contributed by atoms with van der Waals surface area (Å²) in [6.07, 6.45) is 4.89. The molecule has 0 saturated carbocycles. The molecule has 0 aliphatic heterocycles. The number of anilines is 3. The van der Waals surface area contributed by atoms with Gasteiger partial charge < -0.3 is 40.2 Å². The first kappa shape index (κ1) is 47.1. The fourth-order valence-electron chi connectivity index (χ4n) is 6.12. The van der Waals surface area contributed by atoms with Crippen LogP contribution in [0.3, 0.4) is 0 Å². The summed E-state index contributed by atoms with van der Waals surface area (Å²) in [5.74, 6) is -1.77. The van der Waals surface area contributed by atoms with E-state index >= 15 is 8.78 Å². The van der Waals surface area contributed by atoms with Crippen LogP contribution in [0, 0.1) is 11.6 Å². The normalized spacial score (nSPS) is 11.7. The number of hydrogen-bond acceptors (Lipinski definition) is 13. The van der Waals surface area contributed by atoms with Crippen LogP contribution in [0.4, 0.5) is 30.9 Å². The summed E-state index contributed by atoms with van der Waals surface area (Å²) in [5.41, 5.74) is 0.641. The van der Waals surface area contributed by atoms with Gasteiger partial charge in [-0.1, -0.05) is 24.6 Å². The number of aromatic nitrogens is 5. The van der Waals surface area contributed by atoms with Gasteiger partial charge in [0, 0.05) is 67.3 Å². The molecule has 0 saturated heterocycles. The number of ether oxygens (including phenoxy) is 4. The zero-order valence-corrected chi connectivity index (χ0v) is 36.2. The maximum Gasteiger partial charge on any atom is 0.407 e. The number of esters is 1. The summed E-state index contributed by atoms with van der Waals surface area (Å²) >= 11 is 0. The average Bonchev–Trinajstić information content (AvgIpc) is 3.58. The molecule has 4 N–H and O–H groups in total. The maximum atomic E-state index is 15.1. The van der Waals surface area contributed by atoms with Gasteiger partial charge in [0.05, 0.1) is 38.1 Å². The van der Waals surface area contributed by atoms with Crippen molar-refractivity contribution >= 4 is 52.1 Å². The molecule has 0 fully saturated rings. The number of carbonyl (C=O) groups excluding carboxylic acids is 4. The molecule has 19 heteroatoms. The molecule has 0 aliphatic carbocycles. The van der Waals surface area contributed by atoms with Crippen LogP contribution in [-0.2, 0) is 30.4 Å². The van der Waals surface area contributed by atoms with E-state index in [0.717, 1.165) is 12.1 Å². The Labute approximate surface area is 363 Å². The number of nitrogens with one attached hydrogen (secondary N) is 4. The van der Waals surface area contributed by atoms with E-state index in [9.17, 15) is 19.2 Å². The van der Waals surface area contributed by atoms with Gasteiger partial charge in [0.2, 0.25) is 11.8 Å². The lowest BCUT2D eigenvalue weighted by Gasteiger charge is -2.19. The first-order valence-corrected chi connectivity index (χ1v) is 20.6. The molecular weight excluding hydrogens is 821 g/mol. The van der Waals surface area contributed by atoms with Gasteiger partial charge in [-0.15, -0.1) is 0 Å². The van der Waals surface area contributed by atoms with Crippen LogP contribution in [0.1, 0.15) is 79.2 Å². The number of benzene rings is 2. The predicted octanol–water partition coefficient (Wildman–Crippen LogP) is 7.22. The lowest BCUT2D eigenvalue weighted by molar-refractivity contribution is -0.147. The Morgan fingerprint density at radius 1 is 0.921 bits per heavy atom. The molecule has 0 bridgehead atoms. The van der Waals surface area contributed by atoms with Gasteiger partial charge >= 0.3 is 12.1 Å². The molecule has 63 heavy (non-hydrogen) atoms. The quantitative estimate of drug-likeness (QED) is 0.0425. The number of halogens is 2. The van der Waals surface area contributed by atoms with Gasteiger partial charge in [-0.05, 0) is 59.6 Å². The van der Waals surface area contributed by atoms with Gasteiger partial charge in [0.25, 0.3) is 0 Å². The Kier molecular flexibility index (Phi) is 16.6. The Morgan fingerprint density at radius 2 is 1.68 bits per heavy atom. The minimum Gasteiger partial charge on any atom is -0.494 e. The fourth-order valence-corrected chi connectivity index (χ4v) is 6.12. The van der Waals surface area contributed by atoms with Crippen LogP contribution in [0.2, 0.25) is 0 Å². The summed E-state index contributed by atoms with van der Waals surface area (Å²) in [7, 11) is 0. The number of hydrogen-bond donors (Lipinski definition) is 4. The fraction of sp³-hybridized carbons (Fsp3) is 0.409. The summed E-state index contributed by atoms with van der Waals surface area (Å²) in [6, 6.07) is 11.8.